The second-order valence-electron chi connectivity index (χ2n) is 3.92. The first-order valence-corrected chi connectivity index (χ1v) is 7.05. The summed E-state index contributed by atoms with van der Waals surface area (Å²) in [6.07, 6.45) is 5.80. The van der Waals surface area contributed by atoms with Crippen LogP contribution < -0.4 is 0 Å². The highest BCUT2D eigenvalue weighted by atomic mass is 32.2. The minimum absolute atomic E-state index is 0.287. The van der Waals surface area contributed by atoms with Gasteiger partial charge in [-0.05, 0) is 25.1 Å². The first-order valence-electron chi connectivity index (χ1n) is 4.75. The van der Waals surface area contributed by atoms with Gasteiger partial charge in [0, 0.05) is 6.26 Å². The lowest BCUT2D eigenvalue weighted by Gasteiger charge is -2.33. The van der Waals surface area contributed by atoms with Crippen molar-refractivity contribution < 1.29 is 8.42 Å². The Labute approximate surface area is 90.5 Å². The van der Waals surface area contributed by atoms with Crippen molar-refractivity contribution in [2.45, 2.75) is 36.9 Å². The van der Waals surface area contributed by atoms with Gasteiger partial charge in [0.05, 0.1) is 16.5 Å². The highest BCUT2D eigenvalue weighted by molar-refractivity contribution is 7.92. The Hall–Kier alpha value is -0.250. The van der Waals surface area contributed by atoms with E-state index in [9.17, 15) is 8.42 Å². The second-order valence-corrected chi connectivity index (χ2v) is 6.52. The zero-order valence-corrected chi connectivity index (χ0v) is 9.96. The van der Waals surface area contributed by atoms with E-state index in [-0.39, 0.29) is 6.54 Å². The Morgan fingerprint density at radius 3 is 2.36 bits per heavy atom. The third-order valence-corrected chi connectivity index (χ3v) is 5.22. The van der Waals surface area contributed by atoms with Gasteiger partial charge in [0.15, 0.2) is 9.84 Å². The second kappa shape index (κ2) is 4.51. The maximum atomic E-state index is 11.7. The summed E-state index contributed by atoms with van der Waals surface area (Å²) in [5.74, 6) is 0. The van der Waals surface area contributed by atoms with Gasteiger partial charge in [-0.25, -0.2) is 13.4 Å². The Bertz CT molecular complexity index is 336. The molecule has 1 saturated carbocycles. The molecule has 1 aliphatic rings. The van der Waals surface area contributed by atoms with Crippen LogP contribution in [0.15, 0.2) is 4.99 Å². The van der Waals surface area contributed by atoms with Gasteiger partial charge in [-0.3, -0.25) is 0 Å². The fourth-order valence-electron chi connectivity index (χ4n) is 2.02. The van der Waals surface area contributed by atoms with E-state index in [2.05, 4.69) is 22.4 Å². The number of hydrogen-bond acceptors (Lipinski definition) is 4. The molecule has 0 spiro atoms. The van der Waals surface area contributed by atoms with Crippen molar-refractivity contribution in [3.63, 3.8) is 0 Å². The molecule has 0 atom stereocenters. The maximum Gasteiger partial charge on any atom is 0.155 e. The highest BCUT2D eigenvalue weighted by Crippen LogP contribution is 2.34. The molecule has 0 amide bonds. The third kappa shape index (κ3) is 2.41. The number of isothiocyanates is 1. The van der Waals surface area contributed by atoms with E-state index < -0.39 is 14.6 Å². The van der Waals surface area contributed by atoms with E-state index in [1.54, 1.807) is 0 Å². The SMILES string of the molecule is CS(=O)(=O)C1(CN=C=S)CCCCC1. The lowest BCUT2D eigenvalue weighted by atomic mass is 9.88. The van der Waals surface area contributed by atoms with Crippen molar-refractivity contribution in [1.29, 1.82) is 0 Å². The molecule has 0 heterocycles. The van der Waals surface area contributed by atoms with Crippen LogP contribution in [-0.2, 0) is 9.84 Å². The fourth-order valence-corrected chi connectivity index (χ4v) is 3.41. The molecule has 0 aromatic heterocycles. The predicted molar refractivity (Wildman–Crippen MR) is 60.6 cm³/mol. The average Bonchev–Trinajstić information content (AvgIpc) is 2.14. The zero-order valence-electron chi connectivity index (χ0n) is 8.32. The minimum Gasteiger partial charge on any atom is -0.231 e. The molecule has 0 radical (unpaired) electrons. The number of aliphatic imine (C=N–C) groups is 1. The smallest absolute Gasteiger partial charge is 0.155 e. The third-order valence-electron chi connectivity index (χ3n) is 2.98. The van der Waals surface area contributed by atoms with E-state index in [4.69, 9.17) is 0 Å². The van der Waals surface area contributed by atoms with Gasteiger partial charge in [0.2, 0.25) is 0 Å². The van der Waals surface area contributed by atoms with Gasteiger partial charge in [0.25, 0.3) is 0 Å². The molecule has 0 aromatic carbocycles. The molecular weight excluding hydrogens is 218 g/mol. The van der Waals surface area contributed by atoms with Crippen LogP contribution in [0.1, 0.15) is 32.1 Å². The predicted octanol–water partition coefficient (Wildman–Crippen LogP) is 1.84. The van der Waals surface area contributed by atoms with Crippen molar-refractivity contribution in [3.8, 4) is 0 Å². The first-order chi connectivity index (χ1) is 6.52. The largest absolute Gasteiger partial charge is 0.231 e. The van der Waals surface area contributed by atoms with Crippen LogP contribution in [0.3, 0.4) is 0 Å². The van der Waals surface area contributed by atoms with Crippen LogP contribution in [-0.4, -0.2) is 31.1 Å². The summed E-state index contributed by atoms with van der Waals surface area (Å²) in [4.78, 5) is 3.82. The van der Waals surface area contributed by atoms with Crippen molar-refractivity contribution in [2.24, 2.45) is 4.99 Å². The minimum atomic E-state index is -3.04. The maximum absolute atomic E-state index is 11.7. The molecular formula is C9H15NO2S2. The molecule has 0 bridgehead atoms. The van der Waals surface area contributed by atoms with Crippen molar-refractivity contribution >= 4 is 27.2 Å². The molecule has 3 nitrogen and oxygen atoms in total. The summed E-state index contributed by atoms with van der Waals surface area (Å²) in [5, 5.41) is 2.26. The summed E-state index contributed by atoms with van der Waals surface area (Å²) < 4.78 is 22.7. The Morgan fingerprint density at radius 2 is 1.93 bits per heavy atom. The highest BCUT2D eigenvalue weighted by Gasteiger charge is 2.41. The molecule has 1 aliphatic carbocycles. The molecule has 1 rings (SSSR count). The Balaban J connectivity index is 2.94. The summed E-state index contributed by atoms with van der Waals surface area (Å²) in [5.41, 5.74) is 0. The van der Waals surface area contributed by atoms with E-state index in [0.29, 0.717) is 12.8 Å². The molecule has 0 aromatic rings. The number of nitrogens with zero attached hydrogens (tertiary/aromatic N) is 1. The topological polar surface area (TPSA) is 46.5 Å². The van der Waals surface area contributed by atoms with Gasteiger partial charge >= 0.3 is 0 Å². The van der Waals surface area contributed by atoms with E-state index in [1.165, 1.54) is 6.26 Å². The van der Waals surface area contributed by atoms with Crippen LogP contribution in [0.2, 0.25) is 0 Å². The molecule has 80 valence electrons. The summed E-state index contributed by atoms with van der Waals surface area (Å²) in [6, 6.07) is 0. The quantitative estimate of drug-likeness (QED) is 0.552. The molecule has 0 unspecified atom stereocenters. The molecule has 0 saturated heterocycles. The van der Waals surface area contributed by atoms with Gasteiger partial charge in [-0.2, -0.15) is 0 Å². The summed E-state index contributed by atoms with van der Waals surface area (Å²) >= 11 is 4.48. The van der Waals surface area contributed by atoms with Crippen LogP contribution in [0.5, 0.6) is 0 Å². The molecule has 0 aliphatic heterocycles. The number of hydrogen-bond donors (Lipinski definition) is 0. The van der Waals surface area contributed by atoms with Crippen LogP contribution in [0.4, 0.5) is 0 Å². The van der Waals surface area contributed by atoms with E-state index in [1.807, 2.05) is 0 Å². The summed E-state index contributed by atoms with van der Waals surface area (Å²) in [6.45, 7) is 0.287. The zero-order chi connectivity index (χ0) is 10.7. The van der Waals surface area contributed by atoms with E-state index >= 15 is 0 Å². The first kappa shape index (κ1) is 11.8. The standard InChI is InChI=1S/C9H15NO2S2/c1-14(11,12)9(7-10-8-13)5-3-2-4-6-9/h2-7H2,1H3. The monoisotopic (exact) mass is 233 g/mol. The normalized spacial score (nSPS) is 21.2. The van der Waals surface area contributed by atoms with Crippen LogP contribution >= 0.6 is 12.2 Å². The molecule has 5 heteroatoms. The van der Waals surface area contributed by atoms with Crippen molar-refractivity contribution in [2.75, 3.05) is 12.8 Å². The van der Waals surface area contributed by atoms with Gasteiger partial charge in [-0.15, -0.1) is 0 Å². The Kier molecular flexibility index (Phi) is 3.81. The van der Waals surface area contributed by atoms with Crippen molar-refractivity contribution in [1.82, 2.24) is 0 Å². The molecule has 0 N–H and O–H groups in total. The number of rotatable bonds is 3. The van der Waals surface area contributed by atoms with Gasteiger partial charge < -0.3 is 0 Å². The molecule has 14 heavy (non-hydrogen) atoms. The number of thiocarbonyl (C=S) groups is 1. The summed E-state index contributed by atoms with van der Waals surface area (Å²) in [7, 11) is -3.04. The van der Waals surface area contributed by atoms with Gasteiger partial charge in [-0.1, -0.05) is 19.3 Å². The van der Waals surface area contributed by atoms with Crippen LogP contribution in [0.25, 0.3) is 0 Å². The number of sulfone groups is 1. The lowest BCUT2D eigenvalue weighted by molar-refractivity contribution is 0.381. The van der Waals surface area contributed by atoms with E-state index in [0.717, 1.165) is 19.3 Å². The molecule has 1 fully saturated rings. The average molecular weight is 233 g/mol. The van der Waals surface area contributed by atoms with Crippen LogP contribution in [0, 0.1) is 0 Å². The Morgan fingerprint density at radius 1 is 1.36 bits per heavy atom. The van der Waals surface area contributed by atoms with Gasteiger partial charge in [0.1, 0.15) is 0 Å². The fraction of sp³-hybridized carbons (Fsp3) is 0.889. The lowest BCUT2D eigenvalue weighted by Crippen LogP contribution is -2.42. The van der Waals surface area contributed by atoms with Crippen molar-refractivity contribution in [3.05, 3.63) is 0 Å².